The Morgan fingerprint density at radius 3 is 2.19 bits per heavy atom. The normalized spacial score (nSPS) is 29.5. The number of hydrogen-bond acceptors (Lipinski definition) is 9. The standard InChI is InChI=1S/C38H57N7O9/c1-20(2)15-28-35(50)44-32(23(6)46)37(52)43-29(16-24-11-8-7-9-12-24)38(53)45-18-25(40-31(47)19-54-21(3)4)17-30(45)36(51)39-22(5)33(48)41-27-14-10-13-26(27)34(49)42-28/h7-9,11-12,20-23,25-30,32,46H,10,13-19H2,1-6H3,(H,39,51)(H,40,47)(H,41,48)(H,42,49)(H,43,52)(H,44,50)/t22-,23+,25+,26+,27+,28-,29-,30?,32-/m0/s1. The fourth-order valence-corrected chi connectivity index (χ4v) is 7.23. The van der Waals surface area contributed by atoms with Gasteiger partial charge in [-0.25, -0.2) is 0 Å². The van der Waals surface area contributed by atoms with Crippen molar-refractivity contribution in [1.82, 2.24) is 36.8 Å². The number of aliphatic hydroxyl groups is 1. The summed E-state index contributed by atoms with van der Waals surface area (Å²) in [5.74, 6) is -4.92. The Hall–Kier alpha value is -4.57. The van der Waals surface area contributed by atoms with Gasteiger partial charge in [-0.2, -0.15) is 0 Å². The van der Waals surface area contributed by atoms with Crippen molar-refractivity contribution in [1.29, 1.82) is 0 Å². The molecule has 16 heteroatoms. The van der Waals surface area contributed by atoms with Gasteiger partial charge in [-0.15, -0.1) is 0 Å². The van der Waals surface area contributed by atoms with E-state index in [1.807, 2.05) is 13.8 Å². The van der Waals surface area contributed by atoms with Crippen LogP contribution in [0.4, 0.5) is 0 Å². The Morgan fingerprint density at radius 1 is 0.852 bits per heavy atom. The second-order valence-electron chi connectivity index (χ2n) is 15.4. The Kier molecular flexibility index (Phi) is 15.0. The number of nitrogens with zero attached hydrogens (tertiary/aromatic N) is 1. The molecule has 16 nitrogen and oxygen atoms in total. The molecule has 54 heavy (non-hydrogen) atoms. The summed E-state index contributed by atoms with van der Waals surface area (Å²) in [6.07, 6.45) is 0.238. The van der Waals surface area contributed by atoms with Crippen LogP contribution in [0.15, 0.2) is 30.3 Å². The van der Waals surface area contributed by atoms with Gasteiger partial charge in [0.1, 0.15) is 36.8 Å². The molecule has 3 aliphatic rings. The van der Waals surface area contributed by atoms with Crippen LogP contribution in [0.2, 0.25) is 0 Å². The van der Waals surface area contributed by atoms with Crippen LogP contribution in [0.25, 0.3) is 0 Å². The van der Waals surface area contributed by atoms with E-state index in [2.05, 4.69) is 31.9 Å². The molecule has 298 valence electrons. The summed E-state index contributed by atoms with van der Waals surface area (Å²) in [6.45, 7) is 9.84. The average Bonchev–Trinajstić information content (AvgIpc) is 3.75. The predicted octanol–water partition coefficient (Wildman–Crippen LogP) is -0.576. The molecule has 2 saturated heterocycles. The van der Waals surface area contributed by atoms with Crippen molar-refractivity contribution in [2.45, 2.75) is 135 Å². The van der Waals surface area contributed by atoms with Gasteiger partial charge in [-0.1, -0.05) is 50.6 Å². The van der Waals surface area contributed by atoms with Gasteiger partial charge in [0, 0.05) is 25.0 Å². The van der Waals surface area contributed by atoms with Gasteiger partial charge in [-0.3, -0.25) is 33.6 Å². The van der Waals surface area contributed by atoms with E-state index in [1.54, 1.807) is 44.2 Å². The minimum Gasteiger partial charge on any atom is -0.391 e. The number of carbonyl (C=O) groups is 7. The van der Waals surface area contributed by atoms with E-state index in [0.717, 1.165) is 0 Å². The van der Waals surface area contributed by atoms with Crippen molar-refractivity contribution >= 4 is 41.4 Å². The first-order valence-corrected chi connectivity index (χ1v) is 19.0. The highest BCUT2D eigenvalue weighted by molar-refractivity contribution is 5.97. The summed E-state index contributed by atoms with van der Waals surface area (Å²) in [5.41, 5.74) is 0.679. The van der Waals surface area contributed by atoms with Crippen molar-refractivity contribution in [3.8, 4) is 0 Å². The predicted molar refractivity (Wildman–Crippen MR) is 197 cm³/mol. The third kappa shape index (κ3) is 11.5. The largest absolute Gasteiger partial charge is 0.391 e. The van der Waals surface area contributed by atoms with E-state index < -0.39 is 95.7 Å². The van der Waals surface area contributed by atoms with Gasteiger partial charge in [0.2, 0.25) is 41.4 Å². The van der Waals surface area contributed by atoms with Crippen LogP contribution in [-0.2, 0) is 44.7 Å². The molecule has 2 heterocycles. The molecule has 1 unspecified atom stereocenters. The van der Waals surface area contributed by atoms with Crippen LogP contribution in [-0.4, -0.2) is 119 Å². The van der Waals surface area contributed by atoms with Crippen LogP contribution in [0, 0.1) is 11.8 Å². The maximum Gasteiger partial charge on any atom is 0.246 e. The van der Waals surface area contributed by atoms with Crippen LogP contribution in [0.1, 0.15) is 79.2 Å². The number of amides is 7. The number of hydrogen-bond donors (Lipinski definition) is 7. The van der Waals surface area contributed by atoms with Gasteiger partial charge < -0.3 is 46.6 Å². The molecule has 7 N–H and O–H groups in total. The van der Waals surface area contributed by atoms with E-state index in [4.69, 9.17) is 4.74 Å². The molecular weight excluding hydrogens is 698 g/mol. The zero-order valence-corrected chi connectivity index (χ0v) is 32.1. The Labute approximate surface area is 316 Å². The number of rotatable bonds is 9. The summed E-state index contributed by atoms with van der Waals surface area (Å²) >= 11 is 0. The van der Waals surface area contributed by atoms with Crippen molar-refractivity contribution in [3.63, 3.8) is 0 Å². The molecule has 0 bridgehead atoms. The van der Waals surface area contributed by atoms with E-state index in [9.17, 15) is 38.7 Å². The van der Waals surface area contributed by atoms with Gasteiger partial charge in [0.25, 0.3) is 0 Å². The Balaban J connectivity index is 1.73. The highest BCUT2D eigenvalue weighted by Gasteiger charge is 2.44. The summed E-state index contributed by atoms with van der Waals surface area (Å²) in [6, 6.07) is 1.59. The van der Waals surface area contributed by atoms with Crippen molar-refractivity contribution in [2.24, 2.45) is 11.8 Å². The van der Waals surface area contributed by atoms with E-state index in [1.165, 1.54) is 18.7 Å². The van der Waals surface area contributed by atoms with Crippen molar-refractivity contribution in [3.05, 3.63) is 35.9 Å². The van der Waals surface area contributed by atoms with Crippen LogP contribution < -0.4 is 31.9 Å². The molecule has 1 aromatic carbocycles. The molecule has 7 amide bonds. The number of aliphatic hydroxyl groups excluding tert-OH is 1. The third-order valence-electron chi connectivity index (χ3n) is 10.0. The number of ether oxygens (including phenoxy) is 1. The first kappa shape index (κ1) is 42.2. The van der Waals surface area contributed by atoms with E-state index in [-0.39, 0.29) is 44.4 Å². The van der Waals surface area contributed by atoms with Gasteiger partial charge >= 0.3 is 0 Å². The number of nitrogens with one attached hydrogen (secondary N) is 6. The minimum absolute atomic E-state index is 0.0103. The fraction of sp³-hybridized carbons (Fsp3) is 0.658. The average molecular weight is 756 g/mol. The molecular formula is C38H57N7O9. The topological polar surface area (TPSA) is 224 Å². The summed E-state index contributed by atoms with van der Waals surface area (Å²) in [4.78, 5) is 97.3. The molecule has 0 radical (unpaired) electrons. The highest BCUT2D eigenvalue weighted by Crippen LogP contribution is 2.27. The lowest BCUT2D eigenvalue weighted by molar-refractivity contribution is -0.143. The summed E-state index contributed by atoms with van der Waals surface area (Å²) in [5, 5.41) is 27.3. The zero-order valence-electron chi connectivity index (χ0n) is 32.1. The van der Waals surface area contributed by atoms with Crippen molar-refractivity contribution in [2.75, 3.05) is 13.2 Å². The second-order valence-corrected chi connectivity index (χ2v) is 15.4. The van der Waals surface area contributed by atoms with E-state index in [0.29, 0.717) is 24.8 Å². The maximum atomic E-state index is 14.5. The summed E-state index contributed by atoms with van der Waals surface area (Å²) in [7, 11) is 0. The SMILES string of the molecule is CC(C)C[C@@H]1NC(=O)[C@@H]2CCC[C@H]2NC(=O)[C@H](C)NC(=O)C2C[C@@H](NC(=O)COC(C)C)CN2C(=O)[C@H](Cc2ccccc2)NC(=O)[C@H]([C@@H](C)O)NC1=O. The zero-order chi connectivity index (χ0) is 39.7. The molecule has 1 aliphatic carbocycles. The fourth-order valence-electron chi connectivity index (χ4n) is 7.23. The molecule has 1 saturated carbocycles. The number of carbonyl (C=O) groups excluding carboxylic acids is 7. The Morgan fingerprint density at radius 2 is 1.54 bits per heavy atom. The number of benzene rings is 1. The Bertz CT molecular complexity index is 1520. The van der Waals surface area contributed by atoms with Crippen molar-refractivity contribution < 1.29 is 43.4 Å². The molecule has 0 spiro atoms. The first-order chi connectivity index (χ1) is 25.5. The highest BCUT2D eigenvalue weighted by atomic mass is 16.5. The van der Waals surface area contributed by atoms with Crippen LogP contribution in [0.5, 0.6) is 0 Å². The van der Waals surface area contributed by atoms with Crippen LogP contribution >= 0.6 is 0 Å². The minimum atomic E-state index is -1.51. The quantitative estimate of drug-likeness (QED) is 0.171. The molecule has 4 rings (SSSR count). The maximum absolute atomic E-state index is 14.5. The van der Waals surface area contributed by atoms with Gasteiger partial charge in [0.05, 0.1) is 18.1 Å². The monoisotopic (exact) mass is 755 g/mol. The molecule has 3 fully saturated rings. The molecule has 0 aromatic heterocycles. The first-order valence-electron chi connectivity index (χ1n) is 19.0. The molecule has 9 atom stereocenters. The molecule has 1 aromatic rings. The van der Waals surface area contributed by atoms with Gasteiger partial charge in [0.15, 0.2) is 0 Å². The second kappa shape index (κ2) is 19.1. The lowest BCUT2D eigenvalue weighted by Crippen LogP contribution is -2.61. The number of fused-ring (bicyclic) bond motifs is 2. The van der Waals surface area contributed by atoms with Gasteiger partial charge in [-0.05, 0) is 64.9 Å². The van der Waals surface area contributed by atoms with Crippen LogP contribution in [0.3, 0.4) is 0 Å². The lowest BCUT2D eigenvalue weighted by Gasteiger charge is -2.31. The molecule has 2 aliphatic heterocycles. The lowest BCUT2D eigenvalue weighted by atomic mass is 9.98. The smallest absolute Gasteiger partial charge is 0.246 e. The van der Waals surface area contributed by atoms with E-state index >= 15 is 0 Å². The third-order valence-corrected chi connectivity index (χ3v) is 10.0. The summed E-state index contributed by atoms with van der Waals surface area (Å²) < 4.78 is 5.43.